The molecular weight excluding hydrogens is 438 g/mol. The number of hydrogen-bond acceptors (Lipinski definition) is 7. The zero-order valence-electron chi connectivity index (χ0n) is 17.7. The summed E-state index contributed by atoms with van der Waals surface area (Å²) >= 11 is 1.45. The molecule has 1 aromatic carbocycles. The van der Waals surface area contributed by atoms with Crippen molar-refractivity contribution in [1.29, 1.82) is 0 Å². The topological polar surface area (TPSA) is 194 Å². The molecule has 0 aliphatic heterocycles. The highest BCUT2D eigenvalue weighted by Crippen LogP contribution is 2.06. The molecule has 11 nitrogen and oxygen atoms in total. The second-order valence-electron chi connectivity index (χ2n) is 6.99. The normalized spacial score (nSPS) is 13.3. The van der Waals surface area contributed by atoms with E-state index in [0.29, 0.717) is 5.75 Å². The lowest BCUT2D eigenvalue weighted by Gasteiger charge is -2.21. The van der Waals surface area contributed by atoms with Gasteiger partial charge in [-0.05, 0) is 24.0 Å². The van der Waals surface area contributed by atoms with Crippen molar-refractivity contribution in [3.63, 3.8) is 0 Å². The van der Waals surface area contributed by atoms with E-state index >= 15 is 0 Å². The van der Waals surface area contributed by atoms with Crippen LogP contribution in [0.15, 0.2) is 30.3 Å². The number of nitrogens with two attached hydrogens (primary N) is 2. The van der Waals surface area contributed by atoms with Crippen molar-refractivity contribution in [1.82, 2.24) is 16.0 Å². The molecule has 0 radical (unpaired) electrons. The van der Waals surface area contributed by atoms with Gasteiger partial charge in [0.15, 0.2) is 0 Å². The third-order valence-electron chi connectivity index (χ3n) is 4.34. The molecule has 0 saturated carbocycles. The van der Waals surface area contributed by atoms with E-state index in [4.69, 9.17) is 11.5 Å². The van der Waals surface area contributed by atoms with Gasteiger partial charge in [-0.25, -0.2) is 4.79 Å². The van der Waals surface area contributed by atoms with Crippen LogP contribution < -0.4 is 27.4 Å². The molecular formula is C20H29N5O6S. The second kappa shape index (κ2) is 14.0. The van der Waals surface area contributed by atoms with Crippen molar-refractivity contribution >= 4 is 41.4 Å². The van der Waals surface area contributed by atoms with Crippen molar-refractivity contribution in [2.45, 2.75) is 37.4 Å². The van der Waals surface area contributed by atoms with Gasteiger partial charge in [-0.2, -0.15) is 11.8 Å². The van der Waals surface area contributed by atoms with Crippen LogP contribution >= 0.6 is 11.8 Å². The minimum Gasteiger partial charge on any atom is -0.480 e. The lowest BCUT2D eigenvalue weighted by molar-refractivity contribution is -0.142. The minimum atomic E-state index is -1.20. The molecule has 4 amide bonds. The van der Waals surface area contributed by atoms with Gasteiger partial charge in [0.05, 0.1) is 19.0 Å². The Morgan fingerprint density at radius 2 is 1.69 bits per heavy atom. The fourth-order valence-corrected chi connectivity index (χ4v) is 3.15. The Morgan fingerprint density at radius 3 is 2.25 bits per heavy atom. The van der Waals surface area contributed by atoms with Crippen LogP contribution in [0.3, 0.4) is 0 Å². The molecule has 176 valence electrons. The van der Waals surface area contributed by atoms with Gasteiger partial charge in [-0.15, -0.1) is 0 Å². The molecule has 8 N–H and O–H groups in total. The predicted octanol–water partition coefficient (Wildman–Crippen LogP) is -1.64. The lowest BCUT2D eigenvalue weighted by Crippen LogP contribution is -2.54. The third kappa shape index (κ3) is 10.3. The Kier molecular flexibility index (Phi) is 11.8. The molecule has 0 aliphatic carbocycles. The van der Waals surface area contributed by atoms with Crippen LogP contribution in [0, 0.1) is 0 Å². The van der Waals surface area contributed by atoms with E-state index in [9.17, 15) is 29.1 Å². The number of amides is 4. The van der Waals surface area contributed by atoms with Crippen molar-refractivity contribution in [3.8, 4) is 0 Å². The number of aliphatic carboxylic acids is 1. The van der Waals surface area contributed by atoms with Gasteiger partial charge < -0.3 is 32.5 Å². The largest absolute Gasteiger partial charge is 0.480 e. The number of carboxylic acid groups (broad SMARTS) is 1. The fraction of sp³-hybridized carbons (Fsp3) is 0.450. The summed E-state index contributed by atoms with van der Waals surface area (Å²) in [6.07, 6.45) is 1.79. The van der Waals surface area contributed by atoms with Crippen LogP contribution in [0.5, 0.6) is 0 Å². The van der Waals surface area contributed by atoms with Gasteiger partial charge in [0.1, 0.15) is 12.1 Å². The maximum absolute atomic E-state index is 12.7. The highest BCUT2D eigenvalue weighted by atomic mass is 32.2. The predicted molar refractivity (Wildman–Crippen MR) is 119 cm³/mol. The number of hydrogen-bond donors (Lipinski definition) is 6. The smallest absolute Gasteiger partial charge is 0.326 e. The summed E-state index contributed by atoms with van der Waals surface area (Å²) in [7, 11) is 0. The van der Waals surface area contributed by atoms with E-state index in [2.05, 4.69) is 16.0 Å². The summed E-state index contributed by atoms with van der Waals surface area (Å²) in [4.78, 5) is 59.2. The molecule has 12 heteroatoms. The monoisotopic (exact) mass is 467 g/mol. The quantitative estimate of drug-likeness (QED) is 0.187. The maximum atomic E-state index is 12.7. The van der Waals surface area contributed by atoms with Gasteiger partial charge in [0.2, 0.25) is 23.6 Å². The van der Waals surface area contributed by atoms with Crippen molar-refractivity contribution in [3.05, 3.63) is 35.9 Å². The van der Waals surface area contributed by atoms with Gasteiger partial charge in [0, 0.05) is 6.42 Å². The van der Waals surface area contributed by atoms with Crippen LogP contribution in [0.1, 0.15) is 18.4 Å². The van der Waals surface area contributed by atoms with E-state index < -0.39 is 54.3 Å². The summed E-state index contributed by atoms with van der Waals surface area (Å²) in [5.74, 6) is -3.47. The first kappa shape index (κ1) is 26.9. The minimum absolute atomic E-state index is 0.0823. The van der Waals surface area contributed by atoms with E-state index in [1.54, 1.807) is 30.3 Å². The summed E-state index contributed by atoms with van der Waals surface area (Å²) in [6, 6.07) is 5.47. The first-order valence-corrected chi connectivity index (χ1v) is 11.2. The highest BCUT2D eigenvalue weighted by molar-refractivity contribution is 7.98. The van der Waals surface area contributed by atoms with Gasteiger partial charge in [-0.1, -0.05) is 30.3 Å². The Bertz CT molecular complexity index is 807. The van der Waals surface area contributed by atoms with E-state index in [1.165, 1.54) is 11.8 Å². The van der Waals surface area contributed by atoms with Crippen molar-refractivity contribution < 1.29 is 29.1 Å². The second-order valence-corrected chi connectivity index (χ2v) is 7.97. The van der Waals surface area contributed by atoms with Gasteiger partial charge in [-0.3, -0.25) is 19.2 Å². The fourth-order valence-electron chi connectivity index (χ4n) is 2.68. The summed E-state index contributed by atoms with van der Waals surface area (Å²) in [5, 5.41) is 16.7. The van der Waals surface area contributed by atoms with E-state index in [0.717, 1.165) is 5.56 Å². The molecule has 3 unspecified atom stereocenters. The van der Waals surface area contributed by atoms with Crippen LogP contribution in [0.4, 0.5) is 0 Å². The standard InChI is InChI=1S/C20H29N5O6S/c1-32-8-7-14(24-17(27)11-23-18(28)13(21)10-16(22)26)19(29)25-15(20(30)31)9-12-5-3-2-4-6-12/h2-6,13-15H,7-11,21H2,1H3,(H2,22,26)(H,23,28)(H,24,27)(H,25,29)(H,30,31). The molecule has 0 fully saturated rings. The molecule has 0 spiro atoms. The molecule has 0 bridgehead atoms. The Morgan fingerprint density at radius 1 is 1.03 bits per heavy atom. The number of carbonyl (C=O) groups is 5. The summed E-state index contributed by atoms with van der Waals surface area (Å²) in [5.41, 5.74) is 11.2. The molecule has 0 aromatic heterocycles. The van der Waals surface area contributed by atoms with Crippen molar-refractivity contribution in [2.75, 3.05) is 18.6 Å². The number of benzene rings is 1. The number of thioether (sulfide) groups is 1. The molecule has 0 saturated heterocycles. The molecule has 32 heavy (non-hydrogen) atoms. The number of primary amides is 1. The summed E-state index contributed by atoms with van der Waals surface area (Å²) in [6.45, 7) is -0.472. The molecule has 3 atom stereocenters. The van der Waals surface area contributed by atoms with Crippen molar-refractivity contribution in [2.24, 2.45) is 11.5 Å². The Balaban J connectivity index is 2.71. The van der Waals surface area contributed by atoms with Crippen LogP contribution in [0.2, 0.25) is 0 Å². The average Bonchev–Trinajstić information content (AvgIpc) is 2.74. The number of carboxylic acids is 1. The Labute approximate surface area is 190 Å². The van der Waals surface area contributed by atoms with E-state index in [1.807, 2.05) is 6.26 Å². The highest BCUT2D eigenvalue weighted by Gasteiger charge is 2.27. The Hall–Kier alpha value is -3.12. The zero-order chi connectivity index (χ0) is 24.1. The zero-order valence-corrected chi connectivity index (χ0v) is 18.5. The van der Waals surface area contributed by atoms with Gasteiger partial charge in [0.25, 0.3) is 0 Å². The average molecular weight is 468 g/mol. The molecule has 0 heterocycles. The van der Waals surface area contributed by atoms with Crippen LogP contribution in [0.25, 0.3) is 0 Å². The third-order valence-corrected chi connectivity index (χ3v) is 4.98. The SMILES string of the molecule is CSCCC(NC(=O)CNC(=O)C(N)CC(N)=O)C(=O)NC(Cc1ccccc1)C(=O)O. The maximum Gasteiger partial charge on any atom is 0.326 e. The first-order valence-electron chi connectivity index (χ1n) is 9.81. The molecule has 1 rings (SSSR count). The first-order chi connectivity index (χ1) is 15.1. The van der Waals surface area contributed by atoms with E-state index in [-0.39, 0.29) is 19.3 Å². The number of carbonyl (C=O) groups excluding carboxylic acids is 4. The van der Waals surface area contributed by atoms with Crippen LogP contribution in [-0.4, -0.2) is 71.4 Å². The summed E-state index contributed by atoms with van der Waals surface area (Å²) < 4.78 is 0. The molecule has 1 aromatic rings. The number of rotatable bonds is 14. The number of nitrogens with one attached hydrogen (secondary N) is 3. The molecule has 0 aliphatic rings. The van der Waals surface area contributed by atoms with Gasteiger partial charge >= 0.3 is 5.97 Å². The lowest BCUT2D eigenvalue weighted by atomic mass is 10.1. The van der Waals surface area contributed by atoms with Crippen LogP contribution in [-0.2, 0) is 30.4 Å².